The van der Waals surface area contributed by atoms with Crippen molar-refractivity contribution in [2.75, 3.05) is 6.54 Å². The Kier molecular flexibility index (Phi) is 3.28. The van der Waals surface area contributed by atoms with Gasteiger partial charge in [0.2, 0.25) is 5.91 Å². The molecule has 0 bridgehead atoms. The number of hydrazine groups is 1. The van der Waals surface area contributed by atoms with Crippen molar-refractivity contribution in [3.63, 3.8) is 0 Å². The molecule has 5 nitrogen and oxygen atoms in total. The fourth-order valence-electron chi connectivity index (χ4n) is 0.805. The Morgan fingerprint density at radius 1 is 1.75 bits per heavy atom. The van der Waals surface area contributed by atoms with E-state index in [1.165, 1.54) is 6.92 Å². The van der Waals surface area contributed by atoms with Crippen LogP contribution in [0.2, 0.25) is 0 Å². The predicted octanol–water partition coefficient (Wildman–Crippen LogP) is -0.407. The number of hydrogen-bond donors (Lipinski definition) is 3. The SMILES string of the molecule is CC(=O)NNCCc1c[nH]cn1. The van der Waals surface area contributed by atoms with Crippen LogP contribution in [0.1, 0.15) is 12.6 Å². The maximum absolute atomic E-state index is 10.4. The van der Waals surface area contributed by atoms with Crippen LogP contribution in [0.25, 0.3) is 0 Å². The Bertz CT molecular complexity index is 232. The van der Waals surface area contributed by atoms with Crippen LogP contribution in [0.15, 0.2) is 12.5 Å². The van der Waals surface area contributed by atoms with Crippen molar-refractivity contribution in [3.05, 3.63) is 18.2 Å². The number of aromatic amines is 1. The summed E-state index contributed by atoms with van der Waals surface area (Å²) in [5, 5.41) is 0. The largest absolute Gasteiger partial charge is 0.351 e. The molecular formula is C7H12N4O. The van der Waals surface area contributed by atoms with E-state index in [1.54, 1.807) is 6.33 Å². The van der Waals surface area contributed by atoms with Gasteiger partial charge in [-0.25, -0.2) is 10.4 Å². The summed E-state index contributed by atoms with van der Waals surface area (Å²) < 4.78 is 0. The summed E-state index contributed by atoms with van der Waals surface area (Å²) >= 11 is 0. The van der Waals surface area contributed by atoms with E-state index in [1.807, 2.05) is 6.20 Å². The zero-order chi connectivity index (χ0) is 8.81. The van der Waals surface area contributed by atoms with Crippen molar-refractivity contribution in [1.82, 2.24) is 20.8 Å². The van der Waals surface area contributed by atoms with Crippen LogP contribution < -0.4 is 10.9 Å². The minimum absolute atomic E-state index is 0.0861. The third-order valence-corrected chi connectivity index (χ3v) is 1.33. The number of amides is 1. The number of rotatable bonds is 4. The highest BCUT2D eigenvalue weighted by atomic mass is 16.2. The van der Waals surface area contributed by atoms with Crippen molar-refractivity contribution >= 4 is 5.91 Å². The van der Waals surface area contributed by atoms with Gasteiger partial charge in [-0.1, -0.05) is 0 Å². The fourth-order valence-corrected chi connectivity index (χ4v) is 0.805. The van der Waals surface area contributed by atoms with Gasteiger partial charge in [0.25, 0.3) is 0 Å². The van der Waals surface area contributed by atoms with Crippen LogP contribution in [-0.4, -0.2) is 22.4 Å². The minimum atomic E-state index is -0.0861. The van der Waals surface area contributed by atoms with Crippen molar-refractivity contribution in [2.24, 2.45) is 0 Å². The quantitative estimate of drug-likeness (QED) is 0.423. The third-order valence-electron chi connectivity index (χ3n) is 1.33. The zero-order valence-electron chi connectivity index (χ0n) is 6.92. The van der Waals surface area contributed by atoms with Gasteiger partial charge in [0.15, 0.2) is 0 Å². The minimum Gasteiger partial charge on any atom is -0.351 e. The molecule has 1 aromatic heterocycles. The number of aromatic nitrogens is 2. The van der Waals surface area contributed by atoms with Crippen LogP contribution in [0.5, 0.6) is 0 Å². The highest BCUT2D eigenvalue weighted by Crippen LogP contribution is 1.89. The van der Waals surface area contributed by atoms with Gasteiger partial charge in [-0.3, -0.25) is 10.2 Å². The molecule has 1 aromatic rings. The molecule has 3 N–H and O–H groups in total. The van der Waals surface area contributed by atoms with E-state index >= 15 is 0 Å². The normalized spacial score (nSPS) is 9.75. The Morgan fingerprint density at radius 3 is 3.17 bits per heavy atom. The molecule has 0 aliphatic carbocycles. The number of hydrogen-bond acceptors (Lipinski definition) is 3. The summed E-state index contributed by atoms with van der Waals surface area (Å²) in [6, 6.07) is 0. The van der Waals surface area contributed by atoms with Gasteiger partial charge < -0.3 is 4.98 Å². The van der Waals surface area contributed by atoms with Crippen LogP contribution >= 0.6 is 0 Å². The Hall–Kier alpha value is -1.36. The number of carbonyl (C=O) groups is 1. The standard InChI is InChI=1S/C7H12N4O/c1-6(12)11-10-3-2-7-4-8-5-9-7/h4-5,10H,2-3H2,1H3,(H,8,9)(H,11,12). The number of nitrogens with zero attached hydrogens (tertiary/aromatic N) is 1. The smallest absolute Gasteiger partial charge is 0.230 e. The Balaban J connectivity index is 2.07. The van der Waals surface area contributed by atoms with Crippen LogP contribution in [0.4, 0.5) is 0 Å². The molecule has 0 saturated heterocycles. The molecule has 5 heteroatoms. The maximum Gasteiger partial charge on any atom is 0.230 e. The summed E-state index contributed by atoms with van der Waals surface area (Å²) in [6.07, 6.45) is 4.26. The predicted molar refractivity (Wildman–Crippen MR) is 44.1 cm³/mol. The summed E-state index contributed by atoms with van der Waals surface area (Å²) in [6.45, 7) is 2.14. The first-order valence-electron chi connectivity index (χ1n) is 3.76. The molecule has 0 aromatic carbocycles. The van der Waals surface area contributed by atoms with Gasteiger partial charge in [-0.2, -0.15) is 0 Å². The molecule has 1 heterocycles. The van der Waals surface area contributed by atoms with Crippen molar-refractivity contribution in [1.29, 1.82) is 0 Å². The zero-order valence-corrected chi connectivity index (χ0v) is 6.92. The molecule has 0 fully saturated rings. The van der Waals surface area contributed by atoms with Gasteiger partial charge >= 0.3 is 0 Å². The lowest BCUT2D eigenvalue weighted by atomic mass is 10.3. The monoisotopic (exact) mass is 168 g/mol. The topological polar surface area (TPSA) is 69.8 Å². The highest BCUT2D eigenvalue weighted by molar-refractivity contribution is 5.72. The maximum atomic E-state index is 10.4. The molecule has 1 amide bonds. The van der Waals surface area contributed by atoms with Crippen molar-refractivity contribution < 1.29 is 4.79 Å². The first-order valence-corrected chi connectivity index (χ1v) is 3.76. The van der Waals surface area contributed by atoms with Crippen LogP contribution in [0, 0.1) is 0 Å². The fraction of sp³-hybridized carbons (Fsp3) is 0.429. The Labute approximate surface area is 70.6 Å². The average Bonchev–Trinajstić information content (AvgIpc) is 2.49. The van der Waals surface area contributed by atoms with E-state index < -0.39 is 0 Å². The van der Waals surface area contributed by atoms with Gasteiger partial charge in [0, 0.05) is 26.1 Å². The second-order valence-corrected chi connectivity index (χ2v) is 2.42. The van der Waals surface area contributed by atoms with Crippen LogP contribution in [-0.2, 0) is 11.2 Å². The summed E-state index contributed by atoms with van der Waals surface area (Å²) in [5.74, 6) is -0.0861. The first kappa shape index (κ1) is 8.73. The highest BCUT2D eigenvalue weighted by Gasteiger charge is 1.93. The van der Waals surface area contributed by atoms with E-state index in [0.29, 0.717) is 6.54 Å². The molecule has 0 aliphatic heterocycles. The number of imidazole rings is 1. The number of H-pyrrole nitrogens is 1. The van der Waals surface area contributed by atoms with Gasteiger partial charge in [0.05, 0.1) is 12.0 Å². The second kappa shape index (κ2) is 4.50. The molecule has 0 aliphatic rings. The van der Waals surface area contributed by atoms with E-state index in [9.17, 15) is 4.79 Å². The second-order valence-electron chi connectivity index (χ2n) is 2.42. The molecule has 0 saturated carbocycles. The summed E-state index contributed by atoms with van der Waals surface area (Å²) in [4.78, 5) is 17.3. The van der Waals surface area contributed by atoms with Gasteiger partial charge in [0.1, 0.15) is 0 Å². The molecular weight excluding hydrogens is 156 g/mol. The lowest BCUT2D eigenvalue weighted by Gasteiger charge is -2.01. The van der Waals surface area contributed by atoms with Crippen LogP contribution in [0.3, 0.4) is 0 Å². The van der Waals surface area contributed by atoms with E-state index in [0.717, 1.165) is 12.1 Å². The lowest BCUT2D eigenvalue weighted by molar-refractivity contribution is -0.119. The first-order chi connectivity index (χ1) is 5.79. The van der Waals surface area contributed by atoms with Crippen molar-refractivity contribution in [2.45, 2.75) is 13.3 Å². The molecule has 0 radical (unpaired) electrons. The molecule has 12 heavy (non-hydrogen) atoms. The summed E-state index contributed by atoms with van der Waals surface area (Å²) in [7, 11) is 0. The Morgan fingerprint density at radius 2 is 2.58 bits per heavy atom. The number of carbonyl (C=O) groups excluding carboxylic acids is 1. The van der Waals surface area contributed by atoms with Gasteiger partial charge in [-0.15, -0.1) is 0 Å². The van der Waals surface area contributed by atoms with E-state index in [4.69, 9.17) is 0 Å². The number of nitrogens with one attached hydrogen (secondary N) is 3. The van der Waals surface area contributed by atoms with Gasteiger partial charge in [-0.05, 0) is 0 Å². The summed E-state index contributed by atoms with van der Waals surface area (Å²) in [5.41, 5.74) is 6.23. The molecule has 0 spiro atoms. The third kappa shape index (κ3) is 3.16. The lowest BCUT2D eigenvalue weighted by Crippen LogP contribution is -2.36. The van der Waals surface area contributed by atoms with Crippen molar-refractivity contribution in [3.8, 4) is 0 Å². The average molecular weight is 168 g/mol. The molecule has 66 valence electrons. The molecule has 0 atom stereocenters. The molecule has 1 rings (SSSR count). The van der Waals surface area contributed by atoms with E-state index in [2.05, 4.69) is 20.8 Å². The van der Waals surface area contributed by atoms with E-state index in [-0.39, 0.29) is 5.91 Å². The molecule has 0 unspecified atom stereocenters.